The lowest BCUT2D eigenvalue weighted by Gasteiger charge is -2.39. The molecule has 0 radical (unpaired) electrons. The lowest BCUT2D eigenvalue weighted by molar-refractivity contribution is 0.106. The molecule has 0 bridgehead atoms. The van der Waals surface area contributed by atoms with Crippen molar-refractivity contribution in [3.05, 3.63) is 12.4 Å². The van der Waals surface area contributed by atoms with Crippen LogP contribution in [0.1, 0.15) is 25.7 Å². The van der Waals surface area contributed by atoms with Crippen molar-refractivity contribution in [1.82, 2.24) is 25.2 Å². The summed E-state index contributed by atoms with van der Waals surface area (Å²) in [6.07, 6.45) is 8.33. The Hall–Kier alpha value is -1.59. The fourth-order valence-corrected chi connectivity index (χ4v) is 2.78. The first-order chi connectivity index (χ1) is 8.81. The van der Waals surface area contributed by atoms with Crippen LogP contribution in [0.4, 0.5) is 4.79 Å². The van der Waals surface area contributed by atoms with E-state index in [1.807, 2.05) is 15.8 Å². The summed E-state index contributed by atoms with van der Waals surface area (Å²) in [6.45, 7) is 2.52. The van der Waals surface area contributed by atoms with Gasteiger partial charge in [-0.05, 0) is 12.8 Å². The third-order valence-corrected chi connectivity index (χ3v) is 3.84. The summed E-state index contributed by atoms with van der Waals surface area (Å²) in [5.74, 6) is 0.515. The third kappa shape index (κ3) is 2.47. The van der Waals surface area contributed by atoms with Crippen molar-refractivity contribution in [3.8, 4) is 0 Å². The number of hydrogen-bond donors (Lipinski definition) is 1. The molecule has 2 amide bonds. The number of urea groups is 1. The number of amides is 2. The Bertz CT molecular complexity index is 393. The van der Waals surface area contributed by atoms with Crippen LogP contribution >= 0.6 is 0 Å². The van der Waals surface area contributed by atoms with Crippen LogP contribution in [-0.2, 0) is 6.54 Å². The zero-order valence-corrected chi connectivity index (χ0v) is 10.5. The highest BCUT2D eigenvalue weighted by Gasteiger charge is 2.32. The Balaban J connectivity index is 1.40. The van der Waals surface area contributed by atoms with E-state index in [0.717, 1.165) is 32.5 Å². The Morgan fingerprint density at radius 1 is 1.33 bits per heavy atom. The molecule has 1 saturated heterocycles. The molecule has 98 valence electrons. The summed E-state index contributed by atoms with van der Waals surface area (Å²) in [7, 11) is 0. The molecule has 1 aliphatic heterocycles. The quantitative estimate of drug-likeness (QED) is 0.864. The monoisotopic (exact) mass is 249 g/mol. The lowest BCUT2D eigenvalue weighted by atomic mass is 10.0. The average molecular weight is 249 g/mol. The summed E-state index contributed by atoms with van der Waals surface area (Å²) in [5.41, 5.74) is 0. The van der Waals surface area contributed by atoms with E-state index in [1.165, 1.54) is 12.8 Å². The van der Waals surface area contributed by atoms with Crippen LogP contribution in [0.25, 0.3) is 0 Å². The second-order valence-corrected chi connectivity index (χ2v) is 5.33. The van der Waals surface area contributed by atoms with E-state index in [-0.39, 0.29) is 6.03 Å². The summed E-state index contributed by atoms with van der Waals surface area (Å²) in [4.78, 5) is 13.8. The van der Waals surface area contributed by atoms with Gasteiger partial charge in [-0.3, -0.25) is 4.68 Å². The third-order valence-electron chi connectivity index (χ3n) is 3.84. The van der Waals surface area contributed by atoms with Crippen LogP contribution in [0, 0.1) is 5.92 Å². The van der Waals surface area contributed by atoms with Gasteiger partial charge in [0.25, 0.3) is 0 Å². The smallest absolute Gasteiger partial charge is 0.317 e. The SMILES string of the molecule is O=C(NC1CCCC1)N1CC(Cn2ccnn2)C1. The summed E-state index contributed by atoms with van der Waals surface area (Å²) in [5, 5.41) is 10.8. The topological polar surface area (TPSA) is 63.1 Å². The van der Waals surface area contributed by atoms with Crippen LogP contribution in [-0.4, -0.2) is 45.1 Å². The van der Waals surface area contributed by atoms with Crippen LogP contribution in [0.2, 0.25) is 0 Å². The van der Waals surface area contributed by atoms with Gasteiger partial charge in [0, 0.05) is 37.8 Å². The van der Waals surface area contributed by atoms with Crippen LogP contribution in [0.3, 0.4) is 0 Å². The maximum Gasteiger partial charge on any atom is 0.317 e. The van der Waals surface area contributed by atoms with Gasteiger partial charge >= 0.3 is 6.03 Å². The molecule has 0 spiro atoms. The van der Waals surface area contributed by atoms with E-state index in [1.54, 1.807) is 6.20 Å². The molecule has 2 heterocycles. The minimum atomic E-state index is 0.108. The van der Waals surface area contributed by atoms with Crippen molar-refractivity contribution in [2.24, 2.45) is 5.92 Å². The van der Waals surface area contributed by atoms with Gasteiger partial charge in [0.15, 0.2) is 0 Å². The van der Waals surface area contributed by atoms with E-state index < -0.39 is 0 Å². The standard InChI is InChI=1S/C12H19N5O/c18-12(14-11-3-1-2-4-11)16-7-10(8-16)9-17-6-5-13-15-17/h5-6,10-11H,1-4,7-9H2,(H,14,18). The zero-order chi connectivity index (χ0) is 12.4. The number of carbonyl (C=O) groups is 1. The first-order valence-corrected chi connectivity index (χ1v) is 6.71. The van der Waals surface area contributed by atoms with Gasteiger partial charge in [0.05, 0.1) is 6.20 Å². The highest BCUT2D eigenvalue weighted by Crippen LogP contribution is 2.20. The Labute approximate surface area is 106 Å². The van der Waals surface area contributed by atoms with Crippen molar-refractivity contribution in [2.45, 2.75) is 38.3 Å². The van der Waals surface area contributed by atoms with E-state index in [4.69, 9.17) is 0 Å². The summed E-state index contributed by atoms with van der Waals surface area (Å²) in [6, 6.07) is 0.517. The van der Waals surface area contributed by atoms with Gasteiger partial charge in [-0.15, -0.1) is 5.10 Å². The minimum absolute atomic E-state index is 0.108. The molecular formula is C12H19N5O. The molecule has 0 unspecified atom stereocenters. The van der Waals surface area contributed by atoms with Gasteiger partial charge in [0.1, 0.15) is 0 Å². The fraction of sp³-hybridized carbons (Fsp3) is 0.750. The van der Waals surface area contributed by atoms with Crippen molar-refractivity contribution in [3.63, 3.8) is 0 Å². The number of aromatic nitrogens is 3. The number of hydrogen-bond acceptors (Lipinski definition) is 3. The molecule has 6 heteroatoms. The number of rotatable bonds is 3. The zero-order valence-electron chi connectivity index (χ0n) is 10.5. The lowest BCUT2D eigenvalue weighted by Crippen LogP contribution is -2.56. The Morgan fingerprint density at radius 3 is 2.78 bits per heavy atom. The molecule has 2 aliphatic rings. The number of carbonyl (C=O) groups excluding carboxylic acids is 1. The van der Waals surface area contributed by atoms with E-state index in [9.17, 15) is 4.79 Å². The molecule has 3 rings (SSSR count). The Morgan fingerprint density at radius 2 is 2.11 bits per heavy atom. The normalized spacial score (nSPS) is 21.0. The Kier molecular flexibility index (Phi) is 3.17. The van der Waals surface area contributed by atoms with E-state index in [0.29, 0.717) is 12.0 Å². The molecule has 1 aromatic heterocycles. The molecule has 1 aromatic rings. The molecule has 1 N–H and O–H groups in total. The van der Waals surface area contributed by atoms with Crippen LogP contribution < -0.4 is 5.32 Å². The first-order valence-electron chi connectivity index (χ1n) is 6.71. The van der Waals surface area contributed by atoms with Crippen molar-refractivity contribution >= 4 is 6.03 Å². The van der Waals surface area contributed by atoms with Crippen molar-refractivity contribution in [2.75, 3.05) is 13.1 Å². The summed E-state index contributed by atoms with van der Waals surface area (Å²) < 4.78 is 1.83. The first kappa shape index (κ1) is 11.5. The van der Waals surface area contributed by atoms with Crippen LogP contribution in [0.5, 0.6) is 0 Å². The molecule has 0 atom stereocenters. The maximum atomic E-state index is 11.9. The highest BCUT2D eigenvalue weighted by atomic mass is 16.2. The van der Waals surface area contributed by atoms with Crippen LogP contribution in [0.15, 0.2) is 12.4 Å². The minimum Gasteiger partial charge on any atom is -0.335 e. The summed E-state index contributed by atoms with van der Waals surface area (Å²) >= 11 is 0. The molecular weight excluding hydrogens is 230 g/mol. The second-order valence-electron chi connectivity index (χ2n) is 5.33. The number of likely N-dealkylation sites (tertiary alicyclic amines) is 1. The average Bonchev–Trinajstić information content (AvgIpc) is 2.94. The van der Waals surface area contributed by atoms with E-state index in [2.05, 4.69) is 15.6 Å². The molecule has 2 fully saturated rings. The van der Waals surface area contributed by atoms with Crippen molar-refractivity contribution in [1.29, 1.82) is 0 Å². The molecule has 1 saturated carbocycles. The molecule has 6 nitrogen and oxygen atoms in total. The van der Waals surface area contributed by atoms with Gasteiger partial charge in [0.2, 0.25) is 0 Å². The van der Waals surface area contributed by atoms with Gasteiger partial charge in [-0.1, -0.05) is 18.1 Å². The molecule has 1 aliphatic carbocycles. The molecule has 0 aromatic carbocycles. The fourth-order valence-electron chi connectivity index (χ4n) is 2.78. The highest BCUT2D eigenvalue weighted by molar-refractivity contribution is 5.75. The van der Waals surface area contributed by atoms with E-state index >= 15 is 0 Å². The predicted octanol–water partition coefficient (Wildman–Crippen LogP) is 0.862. The number of nitrogens with one attached hydrogen (secondary N) is 1. The predicted molar refractivity (Wildman–Crippen MR) is 65.9 cm³/mol. The molecule has 18 heavy (non-hydrogen) atoms. The van der Waals surface area contributed by atoms with Crippen molar-refractivity contribution < 1.29 is 4.79 Å². The van der Waals surface area contributed by atoms with Gasteiger partial charge in [-0.25, -0.2) is 4.79 Å². The van der Waals surface area contributed by atoms with Gasteiger partial charge in [-0.2, -0.15) is 0 Å². The number of nitrogens with zero attached hydrogens (tertiary/aromatic N) is 4. The maximum absolute atomic E-state index is 11.9. The van der Waals surface area contributed by atoms with Gasteiger partial charge < -0.3 is 10.2 Å². The largest absolute Gasteiger partial charge is 0.335 e. The second kappa shape index (κ2) is 4.96.